The first-order valence-corrected chi connectivity index (χ1v) is 6.75. The zero-order valence-corrected chi connectivity index (χ0v) is 12.3. The van der Waals surface area contributed by atoms with Crippen LogP contribution < -0.4 is 5.32 Å². The lowest BCUT2D eigenvalue weighted by atomic mass is 10.1. The lowest BCUT2D eigenvalue weighted by Crippen LogP contribution is -2.23. The molecule has 104 valence electrons. The molecule has 0 bridgehead atoms. The summed E-state index contributed by atoms with van der Waals surface area (Å²) in [6.07, 6.45) is 0. The SMILES string of the molecule is Cc1cc(C(=O)NCc2cc(F)ccc2Br)ccc1F. The predicted molar refractivity (Wildman–Crippen MR) is 76.4 cm³/mol. The molecule has 0 atom stereocenters. The number of carbonyl (C=O) groups is 1. The van der Waals surface area contributed by atoms with Gasteiger partial charge in [0.05, 0.1) is 0 Å². The van der Waals surface area contributed by atoms with E-state index in [1.807, 2.05) is 0 Å². The zero-order valence-electron chi connectivity index (χ0n) is 10.7. The van der Waals surface area contributed by atoms with Gasteiger partial charge in [-0.05, 0) is 54.4 Å². The van der Waals surface area contributed by atoms with Crippen LogP contribution >= 0.6 is 15.9 Å². The molecule has 1 N–H and O–H groups in total. The van der Waals surface area contributed by atoms with Gasteiger partial charge in [0.15, 0.2) is 0 Å². The lowest BCUT2D eigenvalue weighted by molar-refractivity contribution is 0.0950. The van der Waals surface area contributed by atoms with E-state index < -0.39 is 0 Å². The standard InChI is InChI=1S/C15H12BrF2NO/c1-9-6-10(2-5-14(9)18)15(20)19-8-11-7-12(17)3-4-13(11)16/h2-7H,8H2,1H3,(H,19,20). The highest BCUT2D eigenvalue weighted by Gasteiger charge is 2.09. The minimum Gasteiger partial charge on any atom is -0.348 e. The number of nitrogens with one attached hydrogen (secondary N) is 1. The maximum atomic E-state index is 13.1. The monoisotopic (exact) mass is 339 g/mol. The molecule has 0 aromatic heterocycles. The minimum absolute atomic E-state index is 0.188. The summed E-state index contributed by atoms with van der Waals surface area (Å²) >= 11 is 3.29. The minimum atomic E-state index is -0.366. The summed E-state index contributed by atoms with van der Waals surface area (Å²) < 4.78 is 27.0. The Morgan fingerprint density at radius 2 is 1.95 bits per heavy atom. The largest absolute Gasteiger partial charge is 0.348 e. The molecule has 2 rings (SSSR count). The van der Waals surface area contributed by atoms with E-state index in [1.165, 1.54) is 30.3 Å². The number of hydrogen-bond acceptors (Lipinski definition) is 1. The first kappa shape index (κ1) is 14.7. The van der Waals surface area contributed by atoms with E-state index >= 15 is 0 Å². The first-order valence-electron chi connectivity index (χ1n) is 5.95. The van der Waals surface area contributed by atoms with Crippen molar-refractivity contribution >= 4 is 21.8 Å². The highest BCUT2D eigenvalue weighted by Crippen LogP contribution is 2.18. The van der Waals surface area contributed by atoms with E-state index in [4.69, 9.17) is 0 Å². The Kier molecular flexibility index (Phi) is 4.49. The van der Waals surface area contributed by atoms with Crippen molar-refractivity contribution in [3.8, 4) is 0 Å². The maximum absolute atomic E-state index is 13.1. The third kappa shape index (κ3) is 3.42. The molecule has 20 heavy (non-hydrogen) atoms. The van der Waals surface area contributed by atoms with Crippen molar-refractivity contribution in [2.45, 2.75) is 13.5 Å². The van der Waals surface area contributed by atoms with Gasteiger partial charge in [0, 0.05) is 16.6 Å². The molecule has 1 amide bonds. The number of carbonyl (C=O) groups excluding carboxylic acids is 1. The predicted octanol–water partition coefficient (Wildman–Crippen LogP) is 3.97. The van der Waals surface area contributed by atoms with Gasteiger partial charge >= 0.3 is 0 Å². The third-order valence-corrected chi connectivity index (χ3v) is 3.64. The van der Waals surface area contributed by atoms with Gasteiger partial charge in [-0.25, -0.2) is 8.78 Å². The van der Waals surface area contributed by atoms with Crippen molar-refractivity contribution in [2.75, 3.05) is 0 Å². The summed E-state index contributed by atoms with van der Waals surface area (Å²) in [4.78, 5) is 11.9. The van der Waals surface area contributed by atoms with Crippen LogP contribution in [0.3, 0.4) is 0 Å². The summed E-state index contributed by atoms with van der Waals surface area (Å²) in [5.74, 6) is -1.05. The van der Waals surface area contributed by atoms with Crippen LogP contribution in [-0.4, -0.2) is 5.91 Å². The molecular formula is C15H12BrF2NO. The maximum Gasteiger partial charge on any atom is 0.251 e. The van der Waals surface area contributed by atoms with Crippen molar-refractivity contribution in [3.63, 3.8) is 0 Å². The number of benzene rings is 2. The number of aryl methyl sites for hydroxylation is 1. The number of hydrogen-bond donors (Lipinski definition) is 1. The van der Waals surface area contributed by atoms with Crippen LogP contribution in [-0.2, 0) is 6.54 Å². The molecule has 0 aliphatic rings. The van der Waals surface area contributed by atoms with Crippen molar-refractivity contribution in [1.82, 2.24) is 5.32 Å². The van der Waals surface area contributed by atoms with Gasteiger partial charge in [-0.2, -0.15) is 0 Å². The van der Waals surface area contributed by atoms with Crippen LogP contribution in [0, 0.1) is 18.6 Å². The topological polar surface area (TPSA) is 29.1 Å². The zero-order chi connectivity index (χ0) is 14.7. The van der Waals surface area contributed by atoms with Crippen LogP contribution in [0.1, 0.15) is 21.5 Å². The molecular weight excluding hydrogens is 328 g/mol. The Labute approximate surface area is 123 Å². The summed E-state index contributed by atoms with van der Waals surface area (Å²) in [7, 11) is 0. The van der Waals surface area contributed by atoms with Crippen molar-refractivity contribution in [3.05, 3.63) is 69.2 Å². The summed E-state index contributed by atoms with van der Waals surface area (Å²) in [5.41, 5.74) is 1.41. The van der Waals surface area contributed by atoms with Crippen LogP contribution in [0.15, 0.2) is 40.9 Å². The van der Waals surface area contributed by atoms with E-state index in [-0.39, 0.29) is 24.1 Å². The van der Waals surface area contributed by atoms with Gasteiger partial charge < -0.3 is 5.32 Å². The van der Waals surface area contributed by atoms with Crippen LogP contribution in [0.2, 0.25) is 0 Å². The summed E-state index contributed by atoms with van der Waals surface area (Å²) in [6, 6.07) is 8.41. The highest BCUT2D eigenvalue weighted by molar-refractivity contribution is 9.10. The number of amides is 1. The summed E-state index contributed by atoms with van der Waals surface area (Å²) in [6.45, 7) is 1.78. The van der Waals surface area contributed by atoms with Gasteiger partial charge in [0.2, 0.25) is 0 Å². The van der Waals surface area contributed by atoms with E-state index in [2.05, 4.69) is 21.2 Å². The van der Waals surface area contributed by atoms with Crippen molar-refractivity contribution < 1.29 is 13.6 Å². The van der Waals surface area contributed by atoms with Gasteiger partial charge in [-0.1, -0.05) is 15.9 Å². The van der Waals surface area contributed by atoms with E-state index in [0.29, 0.717) is 16.7 Å². The van der Waals surface area contributed by atoms with E-state index in [1.54, 1.807) is 13.0 Å². The molecule has 2 aromatic rings. The van der Waals surface area contributed by atoms with Gasteiger partial charge in [0.25, 0.3) is 5.91 Å². The highest BCUT2D eigenvalue weighted by atomic mass is 79.9. The Morgan fingerprint density at radius 1 is 1.20 bits per heavy atom. The second kappa shape index (κ2) is 6.13. The Bertz CT molecular complexity index is 658. The van der Waals surface area contributed by atoms with Crippen LogP contribution in [0.25, 0.3) is 0 Å². The Balaban J connectivity index is 2.08. The smallest absolute Gasteiger partial charge is 0.251 e. The third-order valence-electron chi connectivity index (χ3n) is 2.87. The number of halogens is 3. The molecule has 0 saturated heterocycles. The first-order chi connectivity index (χ1) is 9.47. The number of rotatable bonds is 3. The summed E-state index contributed by atoms with van der Waals surface area (Å²) in [5, 5.41) is 2.67. The molecule has 0 spiro atoms. The molecule has 0 aliphatic carbocycles. The fourth-order valence-corrected chi connectivity index (χ4v) is 2.13. The molecule has 0 heterocycles. The molecule has 0 radical (unpaired) electrons. The van der Waals surface area contributed by atoms with Crippen LogP contribution in [0.5, 0.6) is 0 Å². The lowest BCUT2D eigenvalue weighted by Gasteiger charge is -2.08. The quantitative estimate of drug-likeness (QED) is 0.900. The fourth-order valence-electron chi connectivity index (χ4n) is 1.74. The van der Waals surface area contributed by atoms with Gasteiger partial charge in [-0.15, -0.1) is 0 Å². The Hall–Kier alpha value is -1.75. The molecule has 0 unspecified atom stereocenters. The van der Waals surface area contributed by atoms with E-state index in [0.717, 1.165) is 4.47 Å². The molecule has 5 heteroatoms. The molecule has 0 saturated carbocycles. The van der Waals surface area contributed by atoms with Crippen molar-refractivity contribution in [1.29, 1.82) is 0 Å². The van der Waals surface area contributed by atoms with Gasteiger partial charge in [-0.3, -0.25) is 4.79 Å². The average molecular weight is 340 g/mol. The normalized spacial score (nSPS) is 10.4. The second-order valence-corrected chi connectivity index (χ2v) is 5.24. The van der Waals surface area contributed by atoms with Crippen molar-refractivity contribution in [2.24, 2.45) is 0 Å². The van der Waals surface area contributed by atoms with Crippen LogP contribution in [0.4, 0.5) is 8.78 Å². The fraction of sp³-hybridized carbons (Fsp3) is 0.133. The average Bonchev–Trinajstić information content (AvgIpc) is 2.42. The molecule has 0 aliphatic heterocycles. The molecule has 2 nitrogen and oxygen atoms in total. The molecule has 0 fully saturated rings. The van der Waals surface area contributed by atoms with E-state index in [9.17, 15) is 13.6 Å². The second-order valence-electron chi connectivity index (χ2n) is 4.38. The Morgan fingerprint density at radius 3 is 2.65 bits per heavy atom. The molecule has 2 aromatic carbocycles. The van der Waals surface area contributed by atoms with Gasteiger partial charge in [0.1, 0.15) is 11.6 Å².